The first-order chi connectivity index (χ1) is 10.8. The minimum absolute atomic E-state index is 0.976. The van der Waals surface area contributed by atoms with Gasteiger partial charge in [-0.3, -0.25) is 0 Å². The lowest BCUT2D eigenvalue weighted by molar-refractivity contribution is 0.382. The van der Waals surface area contributed by atoms with Gasteiger partial charge in [0.2, 0.25) is 0 Å². The molecule has 0 aliphatic rings. The monoisotopic (exact) mass is 309 g/mol. The number of hydrogen-bond acceptors (Lipinski definition) is 0. The van der Waals surface area contributed by atoms with Gasteiger partial charge in [-0.25, -0.2) is 0 Å². The molecule has 0 atom stereocenters. The van der Waals surface area contributed by atoms with Gasteiger partial charge in [-0.15, -0.1) is 0 Å². The molecule has 1 radical (unpaired) electrons. The van der Waals surface area contributed by atoms with Crippen LogP contribution in [0.4, 0.5) is 0 Å². The van der Waals surface area contributed by atoms with E-state index >= 15 is 0 Å². The molecule has 0 aromatic heterocycles. The van der Waals surface area contributed by atoms with Crippen molar-refractivity contribution in [1.82, 2.24) is 0 Å². The first-order valence-corrected chi connectivity index (χ1v) is 10.6. The van der Waals surface area contributed by atoms with Crippen molar-refractivity contribution in [1.29, 1.82) is 0 Å². The fourth-order valence-electron chi connectivity index (χ4n) is 3.50. The smallest absolute Gasteiger partial charge is 0.0414 e. The van der Waals surface area contributed by atoms with Crippen LogP contribution in [0.2, 0.25) is 0 Å². The van der Waals surface area contributed by atoms with Crippen LogP contribution in [-0.4, -0.2) is 0 Å². The summed E-state index contributed by atoms with van der Waals surface area (Å²) in [7, 11) is 0. The molecule has 0 fully saturated rings. The molecular weight excluding hydrogens is 264 g/mol. The molecule has 0 nitrogen and oxygen atoms in total. The zero-order valence-corrected chi connectivity index (χ0v) is 16.0. The molecule has 0 aromatic carbocycles. The summed E-state index contributed by atoms with van der Waals surface area (Å²) in [6, 6.07) is 0. The topological polar surface area (TPSA) is 0 Å². The van der Waals surface area contributed by atoms with Crippen LogP contribution in [-0.2, 0) is 0 Å². The fraction of sp³-hybridized carbons (Fsp3) is 0.955. The van der Waals surface area contributed by atoms with E-state index in [-0.39, 0.29) is 0 Å². The summed E-state index contributed by atoms with van der Waals surface area (Å²) in [5.41, 5.74) is 0. The maximum Gasteiger partial charge on any atom is -0.0414 e. The van der Waals surface area contributed by atoms with Gasteiger partial charge in [0, 0.05) is 0 Å². The van der Waals surface area contributed by atoms with Gasteiger partial charge in [0.1, 0.15) is 0 Å². The zero-order chi connectivity index (χ0) is 16.3. The Labute approximate surface area is 142 Å². The molecule has 0 heterocycles. The predicted molar refractivity (Wildman–Crippen MR) is 103 cm³/mol. The van der Waals surface area contributed by atoms with Crippen molar-refractivity contribution in [2.45, 2.75) is 129 Å². The van der Waals surface area contributed by atoms with Gasteiger partial charge < -0.3 is 0 Å². The molecule has 0 N–H and O–H groups in total. The summed E-state index contributed by atoms with van der Waals surface area (Å²) in [5, 5.41) is 0. The summed E-state index contributed by atoms with van der Waals surface area (Å²) in [6.07, 6.45) is 25.7. The highest BCUT2D eigenvalue weighted by molar-refractivity contribution is 4.62. The SMILES string of the molecule is [CH2]CCC(CCCCCCCCC)CCCCCCCCC. The highest BCUT2D eigenvalue weighted by Crippen LogP contribution is 2.23. The molecule has 0 heteroatoms. The first-order valence-electron chi connectivity index (χ1n) is 10.6. The van der Waals surface area contributed by atoms with Gasteiger partial charge >= 0.3 is 0 Å². The van der Waals surface area contributed by atoms with Crippen LogP contribution < -0.4 is 0 Å². The van der Waals surface area contributed by atoms with Gasteiger partial charge in [0.15, 0.2) is 0 Å². The molecule has 22 heavy (non-hydrogen) atoms. The van der Waals surface area contributed by atoms with E-state index in [4.69, 9.17) is 0 Å². The van der Waals surface area contributed by atoms with Gasteiger partial charge in [0.05, 0.1) is 0 Å². The molecule has 0 aliphatic carbocycles. The summed E-state index contributed by atoms with van der Waals surface area (Å²) in [6.45, 7) is 8.68. The maximum absolute atomic E-state index is 4.08. The summed E-state index contributed by atoms with van der Waals surface area (Å²) in [5.74, 6) is 0.976. The van der Waals surface area contributed by atoms with E-state index in [1.807, 2.05) is 0 Å². The first kappa shape index (κ1) is 22.0. The molecule has 0 amide bonds. The standard InChI is InChI=1S/C22H45/c1-4-7-9-11-13-15-17-20-22(19-6-3)21-18-16-14-12-10-8-5-2/h22H,3-21H2,1-2H3. The molecule has 0 saturated carbocycles. The minimum Gasteiger partial charge on any atom is -0.0654 e. The van der Waals surface area contributed by atoms with E-state index in [2.05, 4.69) is 20.8 Å². The van der Waals surface area contributed by atoms with Crippen LogP contribution in [0.5, 0.6) is 0 Å². The third kappa shape index (κ3) is 16.4. The van der Waals surface area contributed by atoms with Crippen molar-refractivity contribution in [2.24, 2.45) is 5.92 Å². The number of unbranched alkanes of at least 4 members (excludes halogenated alkanes) is 12. The quantitative estimate of drug-likeness (QED) is 0.223. The fourth-order valence-corrected chi connectivity index (χ4v) is 3.50. The Hall–Kier alpha value is 0. The molecule has 0 aromatic rings. The van der Waals surface area contributed by atoms with Crippen molar-refractivity contribution >= 4 is 0 Å². The molecule has 0 saturated heterocycles. The second kappa shape index (κ2) is 19.0. The summed E-state index contributed by atoms with van der Waals surface area (Å²) in [4.78, 5) is 0. The lowest BCUT2D eigenvalue weighted by Crippen LogP contribution is -2.00. The predicted octanol–water partition coefficient (Wildman–Crippen LogP) is 8.50. The molecule has 0 aliphatic heterocycles. The highest BCUT2D eigenvalue weighted by Gasteiger charge is 2.07. The Morgan fingerprint density at radius 3 is 1.23 bits per heavy atom. The second-order valence-electron chi connectivity index (χ2n) is 7.33. The van der Waals surface area contributed by atoms with Crippen LogP contribution in [0.25, 0.3) is 0 Å². The Morgan fingerprint density at radius 1 is 0.500 bits per heavy atom. The Bertz CT molecular complexity index is 166. The van der Waals surface area contributed by atoms with Crippen LogP contribution in [0.1, 0.15) is 129 Å². The van der Waals surface area contributed by atoms with Gasteiger partial charge in [-0.1, -0.05) is 136 Å². The Balaban J connectivity index is 3.44. The molecule has 0 bridgehead atoms. The second-order valence-corrected chi connectivity index (χ2v) is 7.33. The summed E-state index contributed by atoms with van der Waals surface area (Å²) < 4.78 is 0. The molecule has 0 rings (SSSR count). The van der Waals surface area contributed by atoms with E-state index in [1.54, 1.807) is 0 Å². The average molecular weight is 310 g/mol. The van der Waals surface area contributed by atoms with Crippen LogP contribution >= 0.6 is 0 Å². The largest absolute Gasteiger partial charge is 0.0654 e. The molecule has 133 valence electrons. The van der Waals surface area contributed by atoms with E-state index in [0.717, 1.165) is 12.3 Å². The van der Waals surface area contributed by atoms with Crippen molar-refractivity contribution in [3.63, 3.8) is 0 Å². The van der Waals surface area contributed by atoms with E-state index in [1.165, 1.54) is 109 Å². The Kier molecular flexibility index (Phi) is 19.0. The highest BCUT2D eigenvalue weighted by atomic mass is 14.1. The van der Waals surface area contributed by atoms with Gasteiger partial charge in [-0.05, 0) is 5.92 Å². The van der Waals surface area contributed by atoms with Gasteiger partial charge in [-0.2, -0.15) is 0 Å². The van der Waals surface area contributed by atoms with Crippen molar-refractivity contribution in [3.8, 4) is 0 Å². The van der Waals surface area contributed by atoms with Crippen LogP contribution in [0.3, 0.4) is 0 Å². The molecule has 0 unspecified atom stereocenters. The van der Waals surface area contributed by atoms with Crippen molar-refractivity contribution in [3.05, 3.63) is 6.92 Å². The van der Waals surface area contributed by atoms with Crippen LogP contribution in [0.15, 0.2) is 0 Å². The number of rotatable bonds is 18. The zero-order valence-electron chi connectivity index (χ0n) is 16.0. The van der Waals surface area contributed by atoms with Crippen LogP contribution in [0, 0.1) is 12.8 Å². The third-order valence-electron chi connectivity index (χ3n) is 5.04. The maximum atomic E-state index is 4.08. The molecule has 0 spiro atoms. The lowest BCUT2D eigenvalue weighted by Gasteiger charge is -2.16. The lowest BCUT2D eigenvalue weighted by atomic mass is 9.90. The third-order valence-corrected chi connectivity index (χ3v) is 5.04. The Morgan fingerprint density at radius 2 is 0.864 bits per heavy atom. The van der Waals surface area contributed by atoms with E-state index in [9.17, 15) is 0 Å². The average Bonchev–Trinajstić information content (AvgIpc) is 2.53. The van der Waals surface area contributed by atoms with E-state index < -0.39 is 0 Å². The van der Waals surface area contributed by atoms with Gasteiger partial charge in [0.25, 0.3) is 0 Å². The minimum atomic E-state index is 0.976. The molecular formula is C22H45. The number of hydrogen-bond donors (Lipinski definition) is 0. The summed E-state index contributed by atoms with van der Waals surface area (Å²) >= 11 is 0. The van der Waals surface area contributed by atoms with Crippen molar-refractivity contribution in [2.75, 3.05) is 0 Å². The van der Waals surface area contributed by atoms with Crippen molar-refractivity contribution < 1.29 is 0 Å². The normalized spacial score (nSPS) is 11.5. The van der Waals surface area contributed by atoms with E-state index in [0.29, 0.717) is 0 Å².